The van der Waals surface area contributed by atoms with Crippen molar-refractivity contribution < 1.29 is 4.79 Å². The van der Waals surface area contributed by atoms with Gasteiger partial charge in [-0.15, -0.1) is 0 Å². The lowest BCUT2D eigenvalue weighted by Gasteiger charge is -2.38. The lowest BCUT2D eigenvalue weighted by molar-refractivity contribution is 0.102. The number of nitrogens with one attached hydrogen (secondary N) is 4. The van der Waals surface area contributed by atoms with E-state index in [9.17, 15) is 4.79 Å². The fourth-order valence-electron chi connectivity index (χ4n) is 4.97. The van der Waals surface area contributed by atoms with Gasteiger partial charge in [0.05, 0.1) is 34.0 Å². The van der Waals surface area contributed by atoms with Crippen molar-refractivity contribution in [2.75, 3.05) is 41.7 Å². The predicted octanol–water partition coefficient (Wildman–Crippen LogP) is 4.67. The van der Waals surface area contributed by atoms with Crippen molar-refractivity contribution in [2.45, 2.75) is 26.8 Å². The molecule has 0 spiro atoms. The zero-order valence-electron chi connectivity index (χ0n) is 21.7. The first-order valence-corrected chi connectivity index (χ1v) is 12.9. The van der Waals surface area contributed by atoms with E-state index in [0.717, 1.165) is 65.2 Å². The normalized spacial score (nSPS) is 14.5. The molecule has 0 aliphatic carbocycles. The summed E-state index contributed by atoms with van der Waals surface area (Å²) in [5, 5.41) is 14.4. The summed E-state index contributed by atoms with van der Waals surface area (Å²) in [6, 6.07) is 14.0. The van der Waals surface area contributed by atoms with Crippen LogP contribution in [0.1, 0.15) is 29.8 Å². The van der Waals surface area contributed by atoms with Gasteiger partial charge in [-0.2, -0.15) is 5.10 Å². The Kier molecular flexibility index (Phi) is 6.16. The van der Waals surface area contributed by atoms with Crippen molar-refractivity contribution in [3.8, 4) is 0 Å². The molecular formula is C28H31N9O. The number of fused-ring (bicyclic) bond motifs is 2. The highest BCUT2D eigenvalue weighted by molar-refractivity contribution is 6.11. The van der Waals surface area contributed by atoms with E-state index in [2.05, 4.69) is 54.4 Å². The molecule has 2 aromatic carbocycles. The molecule has 5 aromatic rings. The average molecular weight is 510 g/mol. The SMILES string of the molecule is Cc1cccnc1Nc1nc2cc(N3CCN(C(C)C)CC3)c(C(=O)Nc3ccc4cn[nH]c4c3)cc2[nH]1. The molecule has 1 fully saturated rings. The van der Waals surface area contributed by atoms with Gasteiger partial charge in [0, 0.05) is 49.5 Å². The average Bonchev–Trinajstić information content (AvgIpc) is 3.55. The molecule has 0 radical (unpaired) electrons. The number of amides is 1. The highest BCUT2D eigenvalue weighted by Gasteiger charge is 2.24. The Balaban J connectivity index is 1.35. The summed E-state index contributed by atoms with van der Waals surface area (Å²) >= 11 is 0. The Morgan fingerprint density at radius 3 is 2.68 bits per heavy atom. The Bertz CT molecular complexity index is 1610. The van der Waals surface area contributed by atoms with Crippen molar-refractivity contribution >= 4 is 51.0 Å². The minimum absolute atomic E-state index is 0.170. The summed E-state index contributed by atoms with van der Waals surface area (Å²) in [6.45, 7) is 10.0. The molecular weight excluding hydrogens is 478 g/mol. The molecule has 194 valence electrons. The second kappa shape index (κ2) is 9.79. The maximum atomic E-state index is 13.7. The number of carbonyl (C=O) groups excluding carboxylic acids is 1. The standard InChI is InChI=1S/C28H31N9O/c1-17(2)36-9-11-37(12-10-36)25-15-24-23(32-28(33-24)34-26-18(3)5-4-8-29-26)14-21(25)27(38)31-20-7-6-19-16-30-35-22(19)13-20/h4-8,13-17H,9-12H2,1-3H3,(H,30,35)(H,31,38)(H2,29,32,33,34). The van der Waals surface area contributed by atoms with E-state index in [1.54, 1.807) is 12.4 Å². The van der Waals surface area contributed by atoms with Gasteiger partial charge < -0.3 is 20.5 Å². The first-order chi connectivity index (χ1) is 18.4. The van der Waals surface area contributed by atoms with Crippen LogP contribution in [0.5, 0.6) is 0 Å². The number of carbonyl (C=O) groups is 1. The highest BCUT2D eigenvalue weighted by atomic mass is 16.1. The van der Waals surface area contributed by atoms with Gasteiger partial charge in [0.15, 0.2) is 0 Å². The van der Waals surface area contributed by atoms with Gasteiger partial charge in [-0.05, 0) is 62.7 Å². The van der Waals surface area contributed by atoms with Crippen LogP contribution in [0.25, 0.3) is 21.9 Å². The van der Waals surface area contributed by atoms with Crippen LogP contribution in [-0.2, 0) is 0 Å². The van der Waals surface area contributed by atoms with Gasteiger partial charge in [-0.1, -0.05) is 6.07 Å². The first-order valence-electron chi connectivity index (χ1n) is 12.9. The van der Waals surface area contributed by atoms with E-state index in [4.69, 9.17) is 4.98 Å². The van der Waals surface area contributed by atoms with Crippen LogP contribution in [0, 0.1) is 6.92 Å². The first kappa shape index (κ1) is 23.9. The molecule has 10 heteroatoms. The molecule has 6 rings (SSSR count). The van der Waals surface area contributed by atoms with Gasteiger partial charge >= 0.3 is 0 Å². The Morgan fingerprint density at radius 2 is 1.89 bits per heavy atom. The van der Waals surface area contributed by atoms with Gasteiger partial charge in [-0.3, -0.25) is 14.8 Å². The molecule has 4 N–H and O–H groups in total. The van der Waals surface area contributed by atoms with E-state index >= 15 is 0 Å². The topological polar surface area (TPSA) is 118 Å². The number of rotatable bonds is 6. The van der Waals surface area contributed by atoms with Crippen molar-refractivity contribution in [1.29, 1.82) is 0 Å². The van der Waals surface area contributed by atoms with Crippen LogP contribution in [-0.4, -0.2) is 68.2 Å². The number of anilines is 4. The second-order valence-corrected chi connectivity index (χ2v) is 10.0. The third-order valence-electron chi connectivity index (χ3n) is 7.18. The molecule has 0 atom stereocenters. The largest absolute Gasteiger partial charge is 0.368 e. The number of hydrogen-bond acceptors (Lipinski definition) is 7. The van der Waals surface area contributed by atoms with Gasteiger partial charge in [0.25, 0.3) is 5.91 Å². The van der Waals surface area contributed by atoms with Crippen LogP contribution in [0.4, 0.5) is 23.1 Å². The lowest BCUT2D eigenvalue weighted by Crippen LogP contribution is -2.49. The van der Waals surface area contributed by atoms with E-state index in [1.165, 1.54) is 0 Å². The summed E-state index contributed by atoms with van der Waals surface area (Å²) in [6.07, 6.45) is 3.51. The summed E-state index contributed by atoms with van der Waals surface area (Å²) in [5.74, 6) is 1.15. The maximum absolute atomic E-state index is 13.7. The molecule has 0 saturated carbocycles. The van der Waals surface area contributed by atoms with Crippen molar-refractivity contribution in [3.05, 3.63) is 66.0 Å². The number of aromatic nitrogens is 5. The summed E-state index contributed by atoms with van der Waals surface area (Å²) in [5.41, 5.74) is 5.65. The third-order valence-corrected chi connectivity index (χ3v) is 7.18. The predicted molar refractivity (Wildman–Crippen MR) is 151 cm³/mol. The molecule has 1 saturated heterocycles. The van der Waals surface area contributed by atoms with Gasteiger partial charge in [0.1, 0.15) is 5.82 Å². The van der Waals surface area contributed by atoms with E-state index < -0.39 is 0 Å². The van der Waals surface area contributed by atoms with E-state index in [1.807, 2.05) is 49.4 Å². The van der Waals surface area contributed by atoms with Gasteiger partial charge in [-0.25, -0.2) is 9.97 Å². The quantitative estimate of drug-likeness (QED) is 0.263. The van der Waals surface area contributed by atoms with Crippen molar-refractivity contribution in [1.82, 2.24) is 30.0 Å². The van der Waals surface area contributed by atoms with Crippen LogP contribution in [0.2, 0.25) is 0 Å². The number of pyridine rings is 1. The zero-order valence-corrected chi connectivity index (χ0v) is 21.7. The fourth-order valence-corrected chi connectivity index (χ4v) is 4.97. The molecule has 4 heterocycles. The number of aromatic amines is 2. The molecule has 0 bridgehead atoms. The van der Waals surface area contributed by atoms with Crippen LogP contribution < -0.4 is 15.5 Å². The van der Waals surface area contributed by atoms with E-state index in [0.29, 0.717) is 23.2 Å². The van der Waals surface area contributed by atoms with Gasteiger partial charge in [0.2, 0.25) is 5.95 Å². The minimum Gasteiger partial charge on any atom is -0.368 e. The Morgan fingerprint density at radius 1 is 1.05 bits per heavy atom. The minimum atomic E-state index is -0.170. The number of aryl methyl sites for hydroxylation is 1. The molecule has 0 unspecified atom stereocenters. The van der Waals surface area contributed by atoms with Crippen molar-refractivity contribution in [3.63, 3.8) is 0 Å². The van der Waals surface area contributed by atoms with E-state index in [-0.39, 0.29) is 5.91 Å². The smallest absolute Gasteiger partial charge is 0.257 e. The number of piperazine rings is 1. The Hall–Kier alpha value is -4.44. The van der Waals surface area contributed by atoms with Crippen molar-refractivity contribution in [2.24, 2.45) is 0 Å². The zero-order chi connectivity index (χ0) is 26.2. The number of hydrogen-bond donors (Lipinski definition) is 4. The third kappa shape index (κ3) is 4.66. The molecule has 3 aromatic heterocycles. The van der Waals surface area contributed by atoms with Crippen LogP contribution in [0.3, 0.4) is 0 Å². The second-order valence-electron chi connectivity index (χ2n) is 10.0. The summed E-state index contributed by atoms with van der Waals surface area (Å²) in [4.78, 5) is 30.9. The molecule has 1 aliphatic heterocycles. The molecule has 1 amide bonds. The number of nitrogens with zero attached hydrogens (tertiary/aromatic N) is 5. The number of H-pyrrole nitrogens is 2. The van der Waals surface area contributed by atoms with Crippen LogP contribution >= 0.6 is 0 Å². The van der Waals surface area contributed by atoms with Crippen LogP contribution in [0.15, 0.2) is 54.9 Å². The molecule has 38 heavy (non-hydrogen) atoms. The maximum Gasteiger partial charge on any atom is 0.257 e. The lowest BCUT2D eigenvalue weighted by atomic mass is 10.1. The summed E-state index contributed by atoms with van der Waals surface area (Å²) in [7, 11) is 0. The Labute approximate surface area is 220 Å². The molecule has 10 nitrogen and oxygen atoms in total. The molecule has 1 aliphatic rings. The highest BCUT2D eigenvalue weighted by Crippen LogP contribution is 2.30. The number of benzene rings is 2. The summed E-state index contributed by atoms with van der Waals surface area (Å²) < 4.78 is 0. The fraction of sp³-hybridized carbons (Fsp3) is 0.286. The number of imidazole rings is 1. The monoisotopic (exact) mass is 509 g/mol.